The number of amides is 2. The average Bonchev–Trinajstić information content (AvgIpc) is 3.42. The molecule has 40 heavy (non-hydrogen) atoms. The summed E-state index contributed by atoms with van der Waals surface area (Å²) in [6, 6.07) is 9.47. The van der Waals surface area contributed by atoms with Crippen molar-refractivity contribution in [1.29, 1.82) is 0 Å². The highest BCUT2D eigenvalue weighted by Crippen LogP contribution is 2.16. The Kier molecular flexibility index (Phi) is 10.6. The summed E-state index contributed by atoms with van der Waals surface area (Å²) in [5.41, 5.74) is 1.92. The second-order valence-corrected chi connectivity index (χ2v) is 11.6. The first-order valence-electron chi connectivity index (χ1n) is 13.1. The lowest BCUT2D eigenvalue weighted by molar-refractivity contribution is -0.148. The van der Waals surface area contributed by atoms with Crippen molar-refractivity contribution in [1.82, 2.24) is 20.6 Å². The number of nitrogens with zero attached hydrogens (tertiary/aromatic N) is 2. The molecule has 2 amide bonds. The molecule has 1 aromatic carbocycles. The number of hydrogen-bond donors (Lipinski definition) is 4. The largest absolute Gasteiger partial charge is 0.508 e. The number of thiophene rings is 1. The first-order valence-corrected chi connectivity index (χ1v) is 14.0. The number of phenols is 1. The van der Waals surface area contributed by atoms with Gasteiger partial charge in [0.05, 0.1) is 28.4 Å². The molecular weight excluding hydrogens is 530 g/mol. The van der Waals surface area contributed by atoms with E-state index in [1.54, 1.807) is 43.5 Å². The van der Waals surface area contributed by atoms with Crippen LogP contribution < -0.4 is 16.0 Å². The third-order valence-corrected chi connectivity index (χ3v) is 6.65. The molecule has 2 heterocycles. The van der Waals surface area contributed by atoms with E-state index < -0.39 is 17.9 Å². The molecule has 3 aromatic rings. The van der Waals surface area contributed by atoms with Crippen molar-refractivity contribution < 1.29 is 24.2 Å². The van der Waals surface area contributed by atoms with Gasteiger partial charge in [-0.05, 0) is 61.2 Å². The number of esters is 1. The average molecular weight is 568 g/mol. The van der Waals surface area contributed by atoms with E-state index in [0.29, 0.717) is 28.8 Å². The third-order valence-electron chi connectivity index (χ3n) is 5.78. The van der Waals surface area contributed by atoms with E-state index in [4.69, 9.17) is 4.74 Å². The predicted molar refractivity (Wildman–Crippen MR) is 155 cm³/mol. The quantitative estimate of drug-likeness (QED) is 0.190. The maximum Gasteiger partial charge on any atom is 0.330 e. The highest BCUT2D eigenvalue weighted by atomic mass is 32.1. The van der Waals surface area contributed by atoms with Gasteiger partial charge in [-0.15, -0.1) is 11.3 Å². The zero-order chi connectivity index (χ0) is 29.3. The van der Waals surface area contributed by atoms with Crippen LogP contribution in [0.25, 0.3) is 0 Å². The number of hydrogen-bond acceptors (Lipinski definition) is 9. The van der Waals surface area contributed by atoms with Gasteiger partial charge in [-0.3, -0.25) is 9.59 Å². The minimum absolute atomic E-state index is 0.136. The molecule has 0 aliphatic heterocycles. The fourth-order valence-electron chi connectivity index (χ4n) is 3.83. The lowest BCUT2D eigenvalue weighted by Crippen LogP contribution is -2.49. The van der Waals surface area contributed by atoms with E-state index in [2.05, 4.69) is 25.9 Å². The molecule has 4 N–H and O–H groups in total. The smallest absolute Gasteiger partial charge is 0.330 e. The number of aromatic hydroxyl groups is 1. The molecule has 0 unspecified atom stereocenters. The standard InChI is InChI=1S/C29H37N5O5S/c1-18-24(19(2)33-28(32-18)30-13-7-10-20-9-6-11-21(35)15-20)26(37)34-22(27(38)39-17-29(3,4)5)16-31-25(36)23-12-8-14-40-23/h6,8-9,11-12,14-15,22,35H,7,10,13,16-17H2,1-5H3,(H,31,36)(H,34,37)(H,30,32,33)/t22-/m0/s1. The molecule has 11 heteroatoms. The zero-order valence-electron chi connectivity index (χ0n) is 23.5. The number of aryl methyl sites for hydroxylation is 3. The molecule has 10 nitrogen and oxygen atoms in total. The fourth-order valence-corrected chi connectivity index (χ4v) is 4.47. The Bertz CT molecular complexity index is 1300. The van der Waals surface area contributed by atoms with E-state index in [9.17, 15) is 19.5 Å². The predicted octanol–water partition coefficient (Wildman–Crippen LogP) is 4.02. The van der Waals surface area contributed by atoms with Crippen molar-refractivity contribution >= 4 is 35.1 Å². The minimum Gasteiger partial charge on any atom is -0.508 e. The number of benzene rings is 1. The molecule has 0 bridgehead atoms. The number of phenolic OH excluding ortho intramolecular Hbond substituents is 1. The fraction of sp³-hybridized carbons (Fsp3) is 0.414. The van der Waals surface area contributed by atoms with Crippen molar-refractivity contribution in [3.63, 3.8) is 0 Å². The Balaban J connectivity index is 1.64. The normalized spacial score (nSPS) is 11.9. The molecule has 0 spiro atoms. The molecule has 0 aliphatic rings. The summed E-state index contributed by atoms with van der Waals surface area (Å²) in [6.45, 7) is 9.81. The van der Waals surface area contributed by atoms with E-state index in [-0.39, 0.29) is 35.8 Å². The number of rotatable bonds is 12. The molecule has 214 valence electrons. The molecule has 1 atom stereocenters. The second-order valence-electron chi connectivity index (χ2n) is 10.7. The van der Waals surface area contributed by atoms with E-state index in [1.807, 2.05) is 32.9 Å². The molecule has 2 aromatic heterocycles. The van der Waals surface area contributed by atoms with Crippen LogP contribution in [0, 0.1) is 19.3 Å². The van der Waals surface area contributed by atoms with Crippen LogP contribution in [0.3, 0.4) is 0 Å². The Morgan fingerprint density at radius 2 is 1.77 bits per heavy atom. The van der Waals surface area contributed by atoms with Gasteiger partial charge in [-0.1, -0.05) is 39.0 Å². The topological polar surface area (TPSA) is 143 Å². The van der Waals surface area contributed by atoms with Crippen molar-refractivity contribution in [2.45, 2.75) is 53.5 Å². The second kappa shape index (κ2) is 13.9. The number of nitrogens with one attached hydrogen (secondary N) is 3. The van der Waals surface area contributed by atoms with E-state index in [1.165, 1.54) is 11.3 Å². The van der Waals surface area contributed by atoms with Crippen molar-refractivity contribution in [2.75, 3.05) is 25.0 Å². The van der Waals surface area contributed by atoms with Crippen molar-refractivity contribution in [3.8, 4) is 5.75 Å². The van der Waals surface area contributed by atoms with Crippen molar-refractivity contribution in [3.05, 3.63) is 69.2 Å². The maximum atomic E-state index is 13.3. The highest BCUT2D eigenvalue weighted by molar-refractivity contribution is 7.12. The Morgan fingerprint density at radius 3 is 2.40 bits per heavy atom. The van der Waals surface area contributed by atoms with Gasteiger partial charge < -0.3 is 25.8 Å². The van der Waals surface area contributed by atoms with Gasteiger partial charge in [-0.2, -0.15) is 0 Å². The number of carbonyl (C=O) groups excluding carboxylic acids is 3. The highest BCUT2D eigenvalue weighted by Gasteiger charge is 2.27. The van der Waals surface area contributed by atoms with Crippen LogP contribution in [0.4, 0.5) is 5.95 Å². The third kappa shape index (κ3) is 9.33. The summed E-state index contributed by atoms with van der Waals surface area (Å²) in [5.74, 6) is -0.882. The summed E-state index contributed by atoms with van der Waals surface area (Å²) in [5, 5.41) is 20.0. The van der Waals surface area contributed by atoms with Crippen LogP contribution >= 0.6 is 11.3 Å². The number of aromatic nitrogens is 2. The Hall–Kier alpha value is -3.99. The van der Waals surface area contributed by atoms with Gasteiger partial charge in [0.1, 0.15) is 11.8 Å². The molecule has 0 saturated carbocycles. The molecule has 0 aliphatic carbocycles. The summed E-state index contributed by atoms with van der Waals surface area (Å²) < 4.78 is 5.44. The monoisotopic (exact) mass is 567 g/mol. The first-order chi connectivity index (χ1) is 18.9. The van der Waals surface area contributed by atoms with Gasteiger partial charge in [0.25, 0.3) is 11.8 Å². The van der Waals surface area contributed by atoms with Gasteiger partial charge >= 0.3 is 5.97 Å². The summed E-state index contributed by atoms with van der Waals surface area (Å²) >= 11 is 1.28. The minimum atomic E-state index is -1.10. The van der Waals surface area contributed by atoms with E-state index >= 15 is 0 Å². The number of ether oxygens (including phenoxy) is 1. The van der Waals surface area contributed by atoms with Gasteiger partial charge in [0, 0.05) is 13.1 Å². The SMILES string of the molecule is Cc1nc(NCCCc2cccc(O)c2)nc(C)c1C(=O)N[C@@H](CNC(=O)c1cccs1)C(=O)OCC(C)(C)C. The van der Waals surface area contributed by atoms with Crippen LogP contribution in [0.1, 0.15) is 64.2 Å². The Labute approximate surface area is 238 Å². The lowest BCUT2D eigenvalue weighted by Gasteiger charge is -2.23. The maximum absolute atomic E-state index is 13.3. The van der Waals surface area contributed by atoms with Crippen LogP contribution in [0.2, 0.25) is 0 Å². The number of carbonyl (C=O) groups is 3. The summed E-state index contributed by atoms with van der Waals surface area (Å²) in [4.78, 5) is 48.0. The Morgan fingerprint density at radius 1 is 1.05 bits per heavy atom. The van der Waals surface area contributed by atoms with Crippen LogP contribution in [-0.2, 0) is 16.0 Å². The number of anilines is 1. The molecule has 0 radical (unpaired) electrons. The van der Waals surface area contributed by atoms with Crippen LogP contribution in [0.5, 0.6) is 5.75 Å². The molecule has 0 saturated heterocycles. The molecule has 3 rings (SSSR count). The zero-order valence-corrected chi connectivity index (χ0v) is 24.4. The van der Waals surface area contributed by atoms with Gasteiger partial charge in [0.15, 0.2) is 0 Å². The molecule has 0 fully saturated rings. The lowest BCUT2D eigenvalue weighted by atomic mass is 9.99. The molecular formula is C29H37N5O5S. The van der Waals surface area contributed by atoms with Gasteiger partial charge in [0.2, 0.25) is 5.95 Å². The van der Waals surface area contributed by atoms with Crippen molar-refractivity contribution in [2.24, 2.45) is 5.41 Å². The first kappa shape index (κ1) is 30.6. The van der Waals surface area contributed by atoms with Gasteiger partial charge in [-0.25, -0.2) is 14.8 Å². The summed E-state index contributed by atoms with van der Waals surface area (Å²) in [7, 11) is 0. The summed E-state index contributed by atoms with van der Waals surface area (Å²) in [6.07, 6.45) is 1.57. The van der Waals surface area contributed by atoms with Crippen LogP contribution in [-0.4, -0.2) is 58.6 Å². The van der Waals surface area contributed by atoms with E-state index in [0.717, 1.165) is 18.4 Å². The van der Waals surface area contributed by atoms with Crippen LogP contribution in [0.15, 0.2) is 41.8 Å².